The van der Waals surface area contributed by atoms with E-state index in [0.717, 1.165) is 5.56 Å². The van der Waals surface area contributed by atoms with E-state index in [-0.39, 0.29) is 11.9 Å². The van der Waals surface area contributed by atoms with Crippen LogP contribution < -0.4 is 11.1 Å². The molecule has 0 aliphatic carbocycles. The van der Waals surface area contributed by atoms with Crippen LogP contribution in [0.5, 0.6) is 0 Å². The van der Waals surface area contributed by atoms with Crippen LogP contribution in [0.25, 0.3) is 0 Å². The molecule has 0 spiro atoms. The number of halogens is 4. The molecule has 3 nitrogen and oxygen atoms in total. The van der Waals surface area contributed by atoms with E-state index < -0.39 is 0 Å². The van der Waals surface area contributed by atoms with Gasteiger partial charge in [-0.1, -0.05) is 52.5 Å². The van der Waals surface area contributed by atoms with Gasteiger partial charge in [-0.25, -0.2) is 4.98 Å². The van der Waals surface area contributed by atoms with E-state index in [0.29, 0.717) is 25.9 Å². The molecule has 2 rings (SSSR count). The van der Waals surface area contributed by atoms with Gasteiger partial charge in [0.1, 0.15) is 11.6 Å². The highest BCUT2D eigenvalue weighted by Gasteiger charge is 2.14. The minimum Gasteiger partial charge on any atom is -0.382 e. The molecule has 0 fully saturated rings. The summed E-state index contributed by atoms with van der Waals surface area (Å²) in [6.07, 6.45) is 0. The van der Waals surface area contributed by atoms with Crippen molar-refractivity contribution in [3.63, 3.8) is 0 Å². The normalized spacial score (nSPS) is 12.2. The maximum atomic E-state index is 6.16. The van der Waals surface area contributed by atoms with Crippen molar-refractivity contribution in [2.24, 2.45) is 0 Å². The smallest absolute Gasteiger partial charge is 0.147 e. The first kappa shape index (κ1) is 15.5. The van der Waals surface area contributed by atoms with Gasteiger partial charge in [0.2, 0.25) is 0 Å². The molecule has 0 aliphatic rings. The average molecular weight is 351 g/mol. The summed E-state index contributed by atoms with van der Waals surface area (Å²) >= 11 is 24.0. The summed E-state index contributed by atoms with van der Waals surface area (Å²) in [7, 11) is 0. The molecule has 1 unspecified atom stereocenters. The number of hydrogen-bond donors (Lipinski definition) is 2. The highest BCUT2D eigenvalue weighted by Crippen LogP contribution is 2.32. The Kier molecular flexibility index (Phi) is 4.86. The zero-order valence-electron chi connectivity index (χ0n) is 10.4. The molecule has 0 amide bonds. The van der Waals surface area contributed by atoms with E-state index in [9.17, 15) is 0 Å². The molecule has 3 N–H and O–H groups in total. The van der Waals surface area contributed by atoms with E-state index in [1.165, 1.54) is 0 Å². The number of hydrogen-bond acceptors (Lipinski definition) is 3. The molecule has 0 saturated heterocycles. The second-order valence-electron chi connectivity index (χ2n) is 4.22. The Balaban J connectivity index is 2.27. The molecule has 0 saturated carbocycles. The van der Waals surface area contributed by atoms with Crippen molar-refractivity contribution in [2.45, 2.75) is 13.0 Å². The lowest BCUT2D eigenvalue weighted by Crippen LogP contribution is -2.10. The van der Waals surface area contributed by atoms with Crippen LogP contribution in [0, 0.1) is 0 Å². The number of nitrogen functional groups attached to an aromatic ring is 1. The van der Waals surface area contributed by atoms with Crippen molar-refractivity contribution in [3.8, 4) is 0 Å². The predicted molar refractivity (Wildman–Crippen MR) is 87.2 cm³/mol. The zero-order valence-corrected chi connectivity index (χ0v) is 13.4. The van der Waals surface area contributed by atoms with Crippen LogP contribution in [-0.4, -0.2) is 4.98 Å². The molecule has 2 aromatic rings. The largest absolute Gasteiger partial charge is 0.382 e. The fraction of sp³-hybridized carbons (Fsp3) is 0.154. The van der Waals surface area contributed by atoms with Gasteiger partial charge in [0.15, 0.2) is 0 Å². The van der Waals surface area contributed by atoms with Crippen LogP contribution in [0.1, 0.15) is 18.5 Å². The molecule has 1 aromatic heterocycles. The Bertz CT molecular complexity index is 646. The van der Waals surface area contributed by atoms with Gasteiger partial charge in [0.05, 0.1) is 16.1 Å². The molecule has 0 bridgehead atoms. The van der Waals surface area contributed by atoms with Gasteiger partial charge < -0.3 is 11.1 Å². The Morgan fingerprint density at radius 1 is 1.05 bits per heavy atom. The van der Waals surface area contributed by atoms with Gasteiger partial charge in [-0.2, -0.15) is 0 Å². The van der Waals surface area contributed by atoms with Gasteiger partial charge in [0, 0.05) is 10.0 Å². The van der Waals surface area contributed by atoms with E-state index >= 15 is 0 Å². The number of nitrogens with two attached hydrogens (primary N) is 1. The Morgan fingerprint density at radius 2 is 1.75 bits per heavy atom. The minimum atomic E-state index is -0.120. The second-order valence-corrected chi connectivity index (χ2v) is 5.88. The van der Waals surface area contributed by atoms with Crippen LogP contribution in [0.2, 0.25) is 20.1 Å². The van der Waals surface area contributed by atoms with E-state index in [1.54, 1.807) is 18.2 Å². The molecular formula is C13H11Cl4N3. The molecular weight excluding hydrogens is 340 g/mol. The summed E-state index contributed by atoms with van der Waals surface area (Å²) in [6, 6.07) is 6.72. The van der Waals surface area contributed by atoms with E-state index in [4.69, 9.17) is 52.1 Å². The topological polar surface area (TPSA) is 50.9 Å². The first-order chi connectivity index (χ1) is 9.38. The van der Waals surface area contributed by atoms with Crippen LogP contribution >= 0.6 is 46.4 Å². The third kappa shape index (κ3) is 3.41. The lowest BCUT2D eigenvalue weighted by atomic mass is 10.1. The number of aromatic nitrogens is 1. The Hall–Kier alpha value is -0.870. The predicted octanol–water partition coefficient (Wildman–Crippen LogP) is 5.45. The van der Waals surface area contributed by atoms with Crippen molar-refractivity contribution < 1.29 is 0 Å². The summed E-state index contributed by atoms with van der Waals surface area (Å²) < 4.78 is 0. The van der Waals surface area contributed by atoms with Crippen LogP contribution in [0.4, 0.5) is 11.6 Å². The van der Waals surface area contributed by atoms with Crippen molar-refractivity contribution >= 4 is 58.0 Å². The quantitative estimate of drug-likeness (QED) is 0.773. The zero-order chi connectivity index (χ0) is 14.9. The first-order valence-corrected chi connectivity index (χ1v) is 7.22. The van der Waals surface area contributed by atoms with Crippen LogP contribution in [-0.2, 0) is 0 Å². The molecule has 106 valence electrons. The second kappa shape index (κ2) is 6.27. The van der Waals surface area contributed by atoms with Crippen molar-refractivity contribution in [1.82, 2.24) is 4.98 Å². The van der Waals surface area contributed by atoms with Gasteiger partial charge in [-0.3, -0.25) is 0 Å². The highest BCUT2D eigenvalue weighted by molar-refractivity contribution is 6.37. The lowest BCUT2D eigenvalue weighted by Gasteiger charge is -2.18. The third-order valence-corrected chi connectivity index (χ3v) is 3.89. The summed E-state index contributed by atoms with van der Waals surface area (Å²) in [5.41, 5.74) is 6.55. The average Bonchev–Trinajstić information content (AvgIpc) is 2.35. The highest BCUT2D eigenvalue weighted by atomic mass is 35.5. The number of nitrogens with one attached hydrogen (secondary N) is 1. The minimum absolute atomic E-state index is 0.120. The Morgan fingerprint density at radius 3 is 2.40 bits per heavy atom. The van der Waals surface area contributed by atoms with Crippen LogP contribution in [0.3, 0.4) is 0 Å². The van der Waals surface area contributed by atoms with Crippen LogP contribution in [0.15, 0.2) is 24.3 Å². The lowest BCUT2D eigenvalue weighted by molar-refractivity contribution is 0.876. The fourth-order valence-corrected chi connectivity index (χ4v) is 2.70. The molecule has 1 heterocycles. The molecule has 0 aliphatic heterocycles. The van der Waals surface area contributed by atoms with Gasteiger partial charge in [-0.15, -0.1) is 0 Å². The molecule has 1 atom stereocenters. The SMILES string of the molecule is CC(Nc1nc(N)c(Cl)cc1Cl)c1ccc(Cl)cc1Cl. The Labute approximate surface area is 137 Å². The van der Waals surface area contributed by atoms with E-state index in [1.807, 2.05) is 13.0 Å². The number of anilines is 2. The first-order valence-electron chi connectivity index (χ1n) is 5.71. The van der Waals surface area contributed by atoms with Crippen molar-refractivity contribution in [1.29, 1.82) is 0 Å². The third-order valence-electron chi connectivity index (χ3n) is 2.74. The fourth-order valence-electron chi connectivity index (χ4n) is 1.72. The molecule has 1 aromatic carbocycles. The number of rotatable bonds is 3. The number of pyridine rings is 1. The number of benzene rings is 1. The van der Waals surface area contributed by atoms with Crippen molar-refractivity contribution in [2.75, 3.05) is 11.1 Å². The maximum absolute atomic E-state index is 6.16. The summed E-state index contributed by atoms with van der Waals surface area (Å²) in [5.74, 6) is 0.667. The molecule has 7 heteroatoms. The summed E-state index contributed by atoms with van der Waals surface area (Å²) in [4.78, 5) is 4.12. The maximum Gasteiger partial charge on any atom is 0.147 e. The summed E-state index contributed by atoms with van der Waals surface area (Å²) in [5, 5.41) is 5.00. The standard InChI is InChI=1S/C13H11Cl4N3/c1-6(8-3-2-7(14)4-9(8)15)19-13-11(17)5-10(16)12(18)20-13/h2-6H,1H3,(H3,18,19,20). The van der Waals surface area contributed by atoms with E-state index in [2.05, 4.69) is 10.3 Å². The van der Waals surface area contributed by atoms with Gasteiger partial charge in [0.25, 0.3) is 0 Å². The van der Waals surface area contributed by atoms with Crippen molar-refractivity contribution in [3.05, 3.63) is 49.9 Å². The molecule has 20 heavy (non-hydrogen) atoms. The van der Waals surface area contributed by atoms with Gasteiger partial charge in [-0.05, 0) is 30.7 Å². The van der Waals surface area contributed by atoms with Gasteiger partial charge >= 0.3 is 0 Å². The molecule has 0 radical (unpaired) electrons. The summed E-state index contributed by atoms with van der Waals surface area (Å²) in [6.45, 7) is 1.93. The monoisotopic (exact) mass is 349 g/mol. The number of nitrogens with zero attached hydrogens (tertiary/aromatic N) is 1.